The second kappa shape index (κ2) is 9.31. The molecule has 0 bridgehead atoms. The molecule has 0 radical (unpaired) electrons. The van der Waals surface area contributed by atoms with Gasteiger partial charge in [-0.25, -0.2) is 0 Å². The number of nitrogens with zero attached hydrogens (tertiary/aromatic N) is 2. The van der Waals surface area contributed by atoms with Crippen molar-refractivity contribution in [1.29, 1.82) is 0 Å². The highest BCUT2D eigenvalue weighted by atomic mass is 19.4. The van der Waals surface area contributed by atoms with Crippen molar-refractivity contribution < 1.29 is 31.9 Å². The second-order valence-electron chi connectivity index (χ2n) is 7.09. The predicted octanol–water partition coefficient (Wildman–Crippen LogP) is 3.73. The molecule has 1 fully saturated rings. The number of piperazine rings is 1. The summed E-state index contributed by atoms with van der Waals surface area (Å²) in [6.45, 7) is 1.99. The molecule has 3 aromatic rings. The van der Waals surface area contributed by atoms with E-state index in [0.29, 0.717) is 43.3 Å². The molecule has 0 spiro atoms. The van der Waals surface area contributed by atoms with Crippen LogP contribution in [0.25, 0.3) is 11.3 Å². The average Bonchev–Trinajstić information content (AvgIpc) is 3.28. The third kappa shape index (κ3) is 5.38. The van der Waals surface area contributed by atoms with Crippen LogP contribution in [0, 0.1) is 0 Å². The minimum absolute atomic E-state index is 0.142. The van der Waals surface area contributed by atoms with Crippen molar-refractivity contribution in [2.24, 2.45) is 0 Å². The number of benzene rings is 1. The van der Waals surface area contributed by atoms with Gasteiger partial charge in [-0.2, -0.15) is 0 Å². The molecule has 7 nitrogen and oxygen atoms in total. The van der Waals surface area contributed by atoms with Gasteiger partial charge in [0.15, 0.2) is 5.76 Å². The monoisotopic (exact) mass is 447 g/mol. The number of nitrogens with one attached hydrogen (secondary N) is 1. The number of furan rings is 1. The highest BCUT2D eigenvalue weighted by Gasteiger charge is 2.31. The third-order valence-electron chi connectivity index (χ3n) is 4.88. The van der Waals surface area contributed by atoms with E-state index < -0.39 is 6.36 Å². The third-order valence-corrected chi connectivity index (χ3v) is 4.88. The van der Waals surface area contributed by atoms with Gasteiger partial charge in [-0.1, -0.05) is 0 Å². The van der Waals surface area contributed by atoms with Crippen molar-refractivity contribution in [3.8, 4) is 22.8 Å². The van der Waals surface area contributed by atoms with E-state index in [2.05, 4.69) is 15.0 Å². The van der Waals surface area contributed by atoms with Crippen LogP contribution in [0.2, 0.25) is 0 Å². The van der Waals surface area contributed by atoms with Crippen LogP contribution < -0.4 is 14.8 Å². The van der Waals surface area contributed by atoms with Crippen molar-refractivity contribution in [2.75, 3.05) is 26.2 Å². The minimum atomic E-state index is -4.76. The molecule has 0 unspecified atom stereocenters. The Hall–Kier alpha value is -3.53. The van der Waals surface area contributed by atoms with Gasteiger partial charge < -0.3 is 24.1 Å². The normalized spacial score (nSPS) is 16.6. The topological polar surface area (TPSA) is 76.8 Å². The number of amides is 1. The minimum Gasteiger partial charge on any atom is -0.490 e. The number of ether oxygens (including phenoxy) is 2. The molecule has 3 heterocycles. The van der Waals surface area contributed by atoms with E-state index in [1.54, 1.807) is 41.6 Å². The smallest absolute Gasteiger partial charge is 0.490 e. The van der Waals surface area contributed by atoms with Crippen molar-refractivity contribution in [1.82, 2.24) is 15.2 Å². The summed E-state index contributed by atoms with van der Waals surface area (Å²) >= 11 is 0. The Morgan fingerprint density at radius 3 is 2.69 bits per heavy atom. The number of alkyl halides is 3. The zero-order chi connectivity index (χ0) is 22.6. The van der Waals surface area contributed by atoms with E-state index in [0.717, 1.165) is 0 Å². The van der Waals surface area contributed by atoms with Gasteiger partial charge in [0.1, 0.15) is 23.9 Å². The van der Waals surface area contributed by atoms with Gasteiger partial charge in [0.25, 0.3) is 5.91 Å². The maximum Gasteiger partial charge on any atom is 0.573 e. The lowest BCUT2D eigenvalue weighted by atomic mass is 10.1. The van der Waals surface area contributed by atoms with Gasteiger partial charge >= 0.3 is 6.36 Å². The fourth-order valence-electron chi connectivity index (χ4n) is 3.37. The zero-order valence-corrected chi connectivity index (χ0v) is 16.8. The van der Waals surface area contributed by atoms with Gasteiger partial charge in [0, 0.05) is 31.4 Å². The maximum absolute atomic E-state index is 13.1. The molecule has 1 atom stereocenters. The molecule has 4 rings (SSSR count). The van der Waals surface area contributed by atoms with Crippen LogP contribution in [0.5, 0.6) is 11.5 Å². The first kappa shape index (κ1) is 21.7. The molecular formula is C22H20F3N3O4. The lowest BCUT2D eigenvalue weighted by Gasteiger charge is -2.35. The van der Waals surface area contributed by atoms with Crippen LogP contribution in [-0.4, -0.2) is 54.4 Å². The number of carbonyl (C=O) groups is 1. The Morgan fingerprint density at radius 1 is 1.16 bits per heavy atom. The van der Waals surface area contributed by atoms with Crippen LogP contribution >= 0.6 is 0 Å². The molecule has 1 N–H and O–H groups in total. The molecule has 1 aliphatic heterocycles. The van der Waals surface area contributed by atoms with Crippen LogP contribution in [0.15, 0.2) is 65.3 Å². The molecule has 168 valence electrons. The Balaban J connectivity index is 1.43. The summed E-state index contributed by atoms with van der Waals surface area (Å²) in [5, 5.41) is 3.25. The molecule has 0 saturated carbocycles. The molecule has 1 saturated heterocycles. The number of rotatable bonds is 6. The molecule has 32 heavy (non-hydrogen) atoms. The van der Waals surface area contributed by atoms with Gasteiger partial charge in [-0.15, -0.1) is 13.2 Å². The predicted molar refractivity (Wildman–Crippen MR) is 108 cm³/mol. The van der Waals surface area contributed by atoms with Crippen LogP contribution in [0.3, 0.4) is 0 Å². The summed E-state index contributed by atoms with van der Waals surface area (Å²) in [7, 11) is 0. The molecule has 1 amide bonds. The van der Waals surface area contributed by atoms with Crippen molar-refractivity contribution in [3.63, 3.8) is 0 Å². The Bertz CT molecular complexity index is 1040. The number of hydrogen-bond acceptors (Lipinski definition) is 6. The summed E-state index contributed by atoms with van der Waals surface area (Å²) in [6, 6.07) is 11.8. The largest absolute Gasteiger partial charge is 0.573 e. The lowest BCUT2D eigenvalue weighted by Crippen LogP contribution is -2.55. The van der Waals surface area contributed by atoms with Gasteiger partial charge in [0.2, 0.25) is 0 Å². The number of carbonyl (C=O) groups excluding carboxylic acids is 1. The standard InChI is InChI=1S/C22H20F3N3O4/c23-22(24,25)32-17-5-3-15(4-6-17)19-7-8-20(31-19)21(29)28-11-10-27-12-16(28)14-30-18-2-1-9-26-13-18/h1-9,13,16,27H,10-12,14H2/t16-/m1/s1. The molecular weight excluding hydrogens is 427 g/mol. The molecule has 0 aliphatic carbocycles. The van der Waals surface area contributed by atoms with E-state index in [1.807, 2.05) is 0 Å². The quantitative estimate of drug-likeness (QED) is 0.621. The van der Waals surface area contributed by atoms with E-state index >= 15 is 0 Å². The molecule has 2 aromatic heterocycles. The van der Waals surface area contributed by atoms with Crippen LogP contribution in [-0.2, 0) is 0 Å². The number of aromatic nitrogens is 1. The van der Waals surface area contributed by atoms with Crippen LogP contribution in [0.4, 0.5) is 13.2 Å². The summed E-state index contributed by atoms with van der Waals surface area (Å²) in [4.78, 5) is 18.8. The Kier molecular flexibility index (Phi) is 6.31. The summed E-state index contributed by atoms with van der Waals surface area (Å²) in [5.41, 5.74) is 0.523. The van der Waals surface area contributed by atoms with E-state index in [4.69, 9.17) is 9.15 Å². The van der Waals surface area contributed by atoms with Crippen molar-refractivity contribution in [3.05, 3.63) is 66.7 Å². The Labute approximate surface area is 181 Å². The maximum atomic E-state index is 13.1. The fraction of sp³-hybridized carbons (Fsp3) is 0.273. The number of pyridine rings is 1. The zero-order valence-electron chi connectivity index (χ0n) is 16.8. The first-order valence-corrected chi connectivity index (χ1v) is 9.89. The van der Waals surface area contributed by atoms with Gasteiger partial charge in [-0.05, 0) is 48.5 Å². The lowest BCUT2D eigenvalue weighted by molar-refractivity contribution is -0.274. The van der Waals surface area contributed by atoms with E-state index in [9.17, 15) is 18.0 Å². The first-order chi connectivity index (χ1) is 15.4. The Morgan fingerprint density at radius 2 is 1.97 bits per heavy atom. The second-order valence-corrected chi connectivity index (χ2v) is 7.09. The van der Waals surface area contributed by atoms with Gasteiger partial charge in [0.05, 0.1) is 12.2 Å². The van der Waals surface area contributed by atoms with E-state index in [1.165, 1.54) is 24.3 Å². The summed E-state index contributed by atoms with van der Waals surface area (Å²) in [6.07, 6.45) is -1.51. The highest BCUT2D eigenvalue weighted by Crippen LogP contribution is 2.28. The van der Waals surface area contributed by atoms with E-state index in [-0.39, 0.29) is 23.5 Å². The average molecular weight is 447 g/mol. The van der Waals surface area contributed by atoms with Crippen molar-refractivity contribution in [2.45, 2.75) is 12.4 Å². The molecule has 1 aliphatic rings. The molecule has 10 heteroatoms. The summed E-state index contributed by atoms with van der Waals surface area (Å²) < 4.78 is 52.3. The highest BCUT2D eigenvalue weighted by molar-refractivity contribution is 5.92. The first-order valence-electron chi connectivity index (χ1n) is 9.89. The number of halogens is 3. The summed E-state index contributed by atoms with van der Waals surface area (Å²) in [5.74, 6) is 0.508. The fourth-order valence-corrected chi connectivity index (χ4v) is 3.37. The SMILES string of the molecule is O=C(c1ccc(-c2ccc(OC(F)(F)F)cc2)o1)N1CCNC[C@@H]1COc1cccnc1. The van der Waals surface area contributed by atoms with Gasteiger partial charge in [-0.3, -0.25) is 9.78 Å². The molecule has 1 aromatic carbocycles. The van der Waals surface area contributed by atoms with Crippen molar-refractivity contribution >= 4 is 5.91 Å². The number of hydrogen-bond donors (Lipinski definition) is 1. The van der Waals surface area contributed by atoms with Crippen LogP contribution in [0.1, 0.15) is 10.6 Å².